The van der Waals surface area contributed by atoms with Crippen LogP contribution in [0.1, 0.15) is 25.8 Å². The van der Waals surface area contributed by atoms with E-state index < -0.39 is 0 Å². The number of rotatable bonds is 2. The Labute approximate surface area is 125 Å². The highest BCUT2D eigenvalue weighted by Crippen LogP contribution is 2.55. The van der Waals surface area contributed by atoms with Crippen molar-refractivity contribution in [2.75, 3.05) is 0 Å². The lowest BCUT2D eigenvalue weighted by atomic mass is 9.89. The minimum absolute atomic E-state index is 0.323. The van der Waals surface area contributed by atoms with Crippen molar-refractivity contribution in [3.05, 3.63) is 66.4 Å². The maximum absolute atomic E-state index is 4.70. The summed E-state index contributed by atoms with van der Waals surface area (Å²) in [5, 5.41) is 2.45. The van der Waals surface area contributed by atoms with Gasteiger partial charge in [-0.25, -0.2) is 0 Å². The highest BCUT2D eigenvalue weighted by atomic mass is 14.7. The first-order valence-electron chi connectivity index (χ1n) is 7.63. The molecule has 1 saturated carbocycles. The van der Waals surface area contributed by atoms with Gasteiger partial charge in [0.15, 0.2) is 0 Å². The fourth-order valence-electron chi connectivity index (χ4n) is 3.39. The van der Waals surface area contributed by atoms with Crippen molar-refractivity contribution in [2.24, 2.45) is 5.92 Å². The monoisotopic (exact) mass is 273 g/mol. The standard InChI is InChI=1S/C20H19N/c1-14-12-20(14,2)18-10-6-5-9-17(18)19-11-15-7-3-4-8-16(15)13-21-19/h3-11,13-14H,12H2,1-2H3. The van der Waals surface area contributed by atoms with Crippen LogP contribution in [0.2, 0.25) is 0 Å². The Morgan fingerprint density at radius 1 is 1.00 bits per heavy atom. The smallest absolute Gasteiger partial charge is 0.0711 e. The second-order valence-corrected chi connectivity index (χ2v) is 6.48. The Bertz CT molecular complexity index is 821. The van der Waals surface area contributed by atoms with E-state index in [0.717, 1.165) is 11.6 Å². The number of nitrogens with zero attached hydrogens (tertiary/aromatic N) is 1. The second kappa shape index (κ2) is 4.42. The van der Waals surface area contributed by atoms with Crippen LogP contribution in [0, 0.1) is 5.92 Å². The van der Waals surface area contributed by atoms with E-state index in [1.807, 2.05) is 6.20 Å². The zero-order chi connectivity index (χ0) is 14.4. The SMILES string of the molecule is CC1CC1(C)c1ccccc1-c1cc2ccccc2cn1. The summed E-state index contributed by atoms with van der Waals surface area (Å²) in [5.74, 6) is 0.763. The van der Waals surface area contributed by atoms with Crippen LogP contribution in [-0.4, -0.2) is 4.98 Å². The molecule has 0 amide bonds. The molecule has 1 nitrogen and oxygen atoms in total. The molecule has 104 valence electrons. The van der Waals surface area contributed by atoms with Crippen molar-refractivity contribution in [3.8, 4) is 11.3 Å². The topological polar surface area (TPSA) is 12.9 Å². The number of hydrogen-bond donors (Lipinski definition) is 0. The lowest BCUT2D eigenvalue weighted by molar-refractivity contribution is 0.703. The fraction of sp³-hybridized carbons (Fsp3) is 0.250. The van der Waals surface area contributed by atoms with Gasteiger partial charge in [-0.2, -0.15) is 0 Å². The Morgan fingerprint density at radius 2 is 1.67 bits per heavy atom. The predicted molar refractivity (Wildman–Crippen MR) is 88.3 cm³/mol. The van der Waals surface area contributed by atoms with Crippen LogP contribution in [0.25, 0.3) is 22.0 Å². The van der Waals surface area contributed by atoms with E-state index in [1.54, 1.807) is 0 Å². The lowest BCUT2D eigenvalue weighted by Crippen LogP contribution is -2.05. The van der Waals surface area contributed by atoms with E-state index in [9.17, 15) is 0 Å². The molecule has 1 aliphatic carbocycles. The molecule has 2 unspecified atom stereocenters. The van der Waals surface area contributed by atoms with Gasteiger partial charge in [0, 0.05) is 17.1 Å². The molecule has 0 radical (unpaired) electrons. The Balaban J connectivity index is 1.89. The van der Waals surface area contributed by atoms with Gasteiger partial charge in [-0.05, 0) is 34.8 Å². The van der Waals surface area contributed by atoms with Crippen LogP contribution in [0.4, 0.5) is 0 Å². The highest BCUT2D eigenvalue weighted by molar-refractivity contribution is 5.85. The molecular formula is C20H19N. The van der Waals surface area contributed by atoms with Crippen molar-refractivity contribution in [1.29, 1.82) is 0 Å². The molecule has 1 fully saturated rings. The summed E-state index contributed by atoms with van der Waals surface area (Å²) < 4.78 is 0. The van der Waals surface area contributed by atoms with E-state index in [0.29, 0.717) is 5.41 Å². The normalized spacial score (nSPS) is 24.2. The van der Waals surface area contributed by atoms with Gasteiger partial charge >= 0.3 is 0 Å². The Morgan fingerprint density at radius 3 is 2.43 bits per heavy atom. The number of aromatic nitrogens is 1. The maximum Gasteiger partial charge on any atom is 0.0711 e. The Hall–Kier alpha value is -2.15. The molecule has 0 saturated heterocycles. The third kappa shape index (κ3) is 1.96. The summed E-state index contributed by atoms with van der Waals surface area (Å²) in [4.78, 5) is 4.70. The van der Waals surface area contributed by atoms with Crippen molar-refractivity contribution in [2.45, 2.75) is 25.7 Å². The van der Waals surface area contributed by atoms with Gasteiger partial charge in [-0.3, -0.25) is 4.98 Å². The average molecular weight is 273 g/mol. The molecule has 1 aliphatic rings. The lowest BCUT2D eigenvalue weighted by Gasteiger charge is -2.16. The Kier molecular flexibility index (Phi) is 2.65. The summed E-state index contributed by atoms with van der Waals surface area (Å²) in [6, 6.07) is 19.4. The third-order valence-electron chi connectivity index (χ3n) is 5.11. The summed E-state index contributed by atoms with van der Waals surface area (Å²) in [6.07, 6.45) is 3.26. The average Bonchev–Trinajstić information content (AvgIpc) is 3.15. The molecule has 21 heavy (non-hydrogen) atoms. The van der Waals surface area contributed by atoms with Crippen molar-refractivity contribution >= 4 is 10.8 Å². The molecule has 1 heterocycles. The van der Waals surface area contributed by atoms with E-state index in [2.05, 4.69) is 68.4 Å². The van der Waals surface area contributed by atoms with Crippen molar-refractivity contribution in [3.63, 3.8) is 0 Å². The van der Waals surface area contributed by atoms with E-state index in [4.69, 9.17) is 4.98 Å². The molecule has 2 aromatic carbocycles. The van der Waals surface area contributed by atoms with E-state index >= 15 is 0 Å². The summed E-state index contributed by atoms with van der Waals surface area (Å²) >= 11 is 0. The minimum atomic E-state index is 0.323. The van der Waals surface area contributed by atoms with Gasteiger partial charge < -0.3 is 0 Å². The molecule has 1 heteroatoms. The van der Waals surface area contributed by atoms with E-state index in [1.165, 1.54) is 28.3 Å². The molecule has 0 spiro atoms. The third-order valence-corrected chi connectivity index (χ3v) is 5.11. The number of pyridine rings is 1. The van der Waals surface area contributed by atoms with Crippen LogP contribution in [-0.2, 0) is 5.41 Å². The van der Waals surface area contributed by atoms with Crippen LogP contribution in [0.5, 0.6) is 0 Å². The summed E-state index contributed by atoms with van der Waals surface area (Å²) in [5.41, 5.74) is 4.14. The fourth-order valence-corrected chi connectivity index (χ4v) is 3.39. The highest BCUT2D eigenvalue weighted by Gasteiger charge is 2.48. The van der Waals surface area contributed by atoms with Gasteiger partial charge in [0.1, 0.15) is 0 Å². The van der Waals surface area contributed by atoms with Crippen LogP contribution < -0.4 is 0 Å². The molecule has 2 atom stereocenters. The summed E-state index contributed by atoms with van der Waals surface area (Å²) in [6.45, 7) is 4.71. The van der Waals surface area contributed by atoms with Gasteiger partial charge in [0.05, 0.1) is 5.69 Å². The van der Waals surface area contributed by atoms with Gasteiger partial charge in [-0.1, -0.05) is 62.4 Å². The largest absolute Gasteiger partial charge is 0.256 e. The molecule has 1 aromatic heterocycles. The molecule has 0 aliphatic heterocycles. The summed E-state index contributed by atoms with van der Waals surface area (Å²) in [7, 11) is 0. The predicted octanol–water partition coefficient (Wildman–Crippen LogP) is 5.20. The van der Waals surface area contributed by atoms with E-state index in [-0.39, 0.29) is 0 Å². The quantitative estimate of drug-likeness (QED) is 0.625. The van der Waals surface area contributed by atoms with Crippen LogP contribution in [0.3, 0.4) is 0 Å². The first-order chi connectivity index (χ1) is 10.2. The van der Waals surface area contributed by atoms with Crippen LogP contribution >= 0.6 is 0 Å². The number of fused-ring (bicyclic) bond motifs is 1. The van der Waals surface area contributed by atoms with Crippen molar-refractivity contribution < 1.29 is 0 Å². The molecule has 0 bridgehead atoms. The molecule has 3 aromatic rings. The minimum Gasteiger partial charge on any atom is -0.256 e. The number of benzene rings is 2. The zero-order valence-corrected chi connectivity index (χ0v) is 12.5. The maximum atomic E-state index is 4.70. The second-order valence-electron chi connectivity index (χ2n) is 6.48. The molecular weight excluding hydrogens is 254 g/mol. The van der Waals surface area contributed by atoms with Crippen molar-refractivity contribution in [1.82, 2.24) is 4.98 Å². The first kappa shape index (κ1) is 12.6. The van der Waals surface area contributed by atoms with Crippen LogP contribution in [0.15, 0.2) is 60.8 Å². The first-order valence-corrected chi connectivity index (χ1v) is 7.63. The van der Waals surface area contributed by atoms with Gasteiger partial charge in [-0.15, -0.1) is 0 Å². The molecule has 4 rings (SSSR count). The van der Waals surface area contributed by atoms with Gasteiger partial charge in [0.2, 0.25) is 0 Å². The van der Waals surface area contributed by atoms with Gasteiger partial charge in [0.25, 0.3) is 0 Å². The molecule has 0 N–H and O–H groups in total. The number of hydrogen-bond acceptors (Lipinski definition) is 1. The zero-order valence-electron chi connectivity index (χ0n) is 12.5.